The van der Waals surface area contributed by atoms with E-state index in [2.05, 4.69) is 5.10 Å². The zero-order valence-electron chi connectivity index (χ0n) is 8.27. The maximum atomic E-state index is 11.6. The van der Waals surface area contributed by atoms with Crippen LogP contribution in [0.5, 0.6) is 0 Å². The zero-order chi connectivity index (χ0) is 11.3. The molecular weight excluding hydrogens is 226 g/mol. The Bertz CT molecular complexity index is 598. The van der Waals surface area contributed by atoms with E-state index in [9.17, 15) is 5.21 Å². The van der Waals surface area contributed by atoms with E-state index in [1.807, 2.05) is 18.2 Å². The number of nitrogens with two attached hydrogens (primary N) is 1. The lowest BCUT2D eigenvalue weighted by Gasteiger charge is -2.01. The average molecular weight is 234 g/mol. The quantitative estimate of drug-likeness (QED) is 0.364. The van der Waals surface area contributed by atoms with Crippen LogP contribution in [-0.4, -0.2) is 5.10 Å². The second-order valence-corrected chi connectivity index (χ2v) is 4.18. The Hall–Kier alpha value is -1.81. The van der Waals surface area contributed by atoms with Crippen LogP contribution < -0.4 is 10.6 Å². The van der Waals surface area contributed by atoms with E-state index in [0.29, 0.717) is 22.6 Å². The number of rotatable bonds is 0. The molecule has 0 atom stereocenters. The van der Waals surface area contributed by atoms with Crippen LogP contribution >= 0.6 is 11.6 Å². The van der Waals surface area contributed by atoms with Gasteiger partial charge in [-0.15, -0.1) is 0 Å². The van der Waals surface area contributed by atoms with Crippen molar-refractivity contribution in [2.75, 3.05) is 5.73 Å². The van der Waals surface area contributed by atoms with Crippen molar-refractivity contribution in [2.45, 2.75) is 6.42 Å². The van der Waals surface area contributed by atoms with Gasteiger partial charge in [0.15, 0.2) is 5.15 Å². The van der Waals surface area contributed by atoms with Gasteiger partial charge in [-0.2, -0.15) is 0 Å². The summed E-state index contributed by atoms with van der Waals surface area (Å²) in [6.07, 6.45) is 0.582. The van der Waals surface area contributed by atoms with Crippen molar-refractivity contribution >= 4 is 17.3 Å². The normalized spacial score (nSPS) is 12.3. The second kappa shape index (κ2) is 3.09. The van der Waals surface area contributed by atoms with Gasteiger partial charge in [0, 0.05) is 10.8 Å². The highest BCUT2D eigenvalue weighted by atomic mass is 35.5. The maximum Gasteiger partial charge on any atom is 0.234 e. The molecule has 80 valence electrons. The second-order valence-electron chi connectivity index (χ2n) is 3.79. The van der Waals surface area contributed by atoms with Crippen LogP contribution in [-0.2, 0) is 6.42 Å². The standard InChI is InChI=1S/C11H8ClN3O/c12-11-5-9-8-4-7(13)2-1-6(8)3-10(9)15(16)14-11/h1-2,4-5H,3,13H2. The third-order valence-corrected chi connectivity index (χ3v) is 2.96. The van der Waals surface area contributed by atoms with Crippen molar-refractivity contribution in [3.63, 3.8) is 0 Å². The Labute approximate surface area is 96.9 Å². The van der Waals surface area contributed by atoms with Gasteiger partial charge in [0.2, 0.25) is 5.69 Å². The minimum absolute atomic E-state index is 0.198. The number of hydrogen-bond donors (Lipinski definition) is 1. The first-order valence-electron chi connectivity index (χ1n) is 4.83. The number of nitrogens with zero attached hydrogens (tertiary/aromatic N) is 2. The van der Waals surface area contributed by atoms with E-state index in [1.54, 1.807) is 6.07 Å². The van der Waals surface area contributed by atoms with Crippen molar-refractivity contribution in [1.82, 2.24) is 5.10 Å². The van der Waals surface area contributed by atoms with E-state index in [-0.39, 0.29) is 5.15 Å². The lowest BCUT2D eigenvalue weighted by molar-refractivity contribution is -0.675. The summed E-state index contributed by atoms with van der Waals surface area (Å²) < 4.78 is 0. The molecule has 0 saturated carbocycles. The molecule has 0 aliphatic heterocycles. The summed E-state index contributed by atoms with van der Waals surface area (Å²) in [4.78, 5) is 0.591. The van der Waals surface area contributed by atoms with Crippen molar-refractivity contribution in [2.24, 2.45) is 0 Å². The molecule has 0 fully saturated rings. The number of hydrogen-bond acceptors (Lipinski definition) is 3. The van der Waals surface area contributed by atoms with Crippen molar-refractivity contribution in [1.29, 1.82) is 0 Å². The Kier molecular flexibility index (Phi) is 1.82. The maximum absolute atomic E-state index is 11.6. The third-order valence-electron chi connectivity index (χ3n) is 2.77. The smallest absolute Gasteiger partial charge is 0.234 e. The minimum atomic E-state index is 0.198. The molecule has 2 N–H and O–H groups in total. The molecule has 0 unspecified atom stereocenters. The third kappa shape index (κ3) is 1.23. The molecular formula is C11H8ClN3O. The molecule has 5 heteroatoms. The zero-order valence-corrected chi connectivity index (χ0v) is 9.03. The van der Waals surface area contributed by atoms with Gasteiger partial charge in [-0.1, -0.05) is 22.5 Å². The minimum Gasteiger partial charge on any atom is -0.594 e. The first kappa shape index (κ1) is 9.42. The highest BCUT2D eigenvalue weighted by Crippen LogP contribution is 2.36. The largest absolute Gasteiger partial charge is 0.594 e. The molecule has 1 aliphatic rings. The average Bonchev–Trinajstić information content (AvgIpc) is 2.57. The van der Waals surface area contributed by atoms with E-state index in [0.717, 1.165) is 16.7 Å². The molecule has 4 nitrogen and oxygen atoms in total. The molecule has 1 heterocycles. The SMILES string of the molecule is Nc1ccc2c(c1)-c1cc(Cl)n[n+]([O-])c1C2. The van der Waals surface area contributed by atoms with Crippen LogP contribution in [0.15, 0.2) is 24.3 Å². The van der Waals surface area contributed by atoms with Crippen LogP contribution in [0.2, 0.25) is 5.15 Å². The number of aromatic nitrogens is 2. The molecule has 3 rings (SSSR count). The number of halogens is 1. The van der Waals surface area contributed by atoms with E-state index in [4.69, 9.17) is 17.3 Å². The summed E-state index contributed by atoms with van der Waals surface area (Å²) in [5.74, 6) is 0. The van der Waals surface area contributed by atoms with Crippen LogP contribution in [0.1, 0.15) is 11.3 Å². The van der Waals surface area contributed by atoms with E-state index in [1.165, 1.54) is 0 Å². The molecule has 1 aliphatic carbocycles. The fourth-order valence-corrected chi connectivity index (χ4v) is 2.23. The fraction of sp³-hybridized carbons (Fsp3) is 0.0909. The summed E-state index contributed by atoms with van der Waals surface area (Å²) in [7, 11) is 0. The molecule has 0 radical (unpaired) electrons. The molecule has 16 heavy (non-hydrogen) atoms. The lowest BCUT2D eigenvalue weighted by Crippen LogP contribution is -2.35. The van der Waals surface area contributed by atoms with Gasteiger partial charge >= 0.3 is 0 Å². The van der Waals surface area contributed by atoms with Gasteiger partial charge < -0.3 is 10.9 Å². The molecule has 2 aromatic rings. The van der Waals surface area contributed by atoms with Gasteiger partial charge in [-0.05, 0) is 29.3 Å². The van der Waals surface area contributed by atoms with Crippen LogP contribution in [0.25, 0.3) is 11.1 Å². The predicted octanol–water partition coefficient (Wildman–Crippen LogP) is 1.52. The Morgan fingerprint density at radius 3 is 2.94 bits per heavy atom. The molecule has 1 aromatic carbocycles. The van der Waals surface area contributed by atoms with E-state index >= 15 is 0 Å². The van der Waals surface area contributed by atoms with Gasteiger partial charge in [-0.25, -0.2) is 0 Å². The summed E-state index contributed by atoms with van der Waals surface area (Å²) in [5, 5.41) is 15.4. The molecule has 0 bridgehead atoms. The summed E-state index contributed by atoms with van der Waals surface area (Å²) in [6.45, 7) is 0. The van der Waals surface area contributed by atoms with Gasteiger partial charge in [0.05, 0.1) is 12.0 Å². The Balaban J connectivity index is 2.31. The summed E-state index contributed by atoms with van der Waals surface area (Å²) >= 11 is 5.77. The summed E-state index contributed by atoms with van der Waals surface area (Å²) in [5.41, 5.74) is 9.93. The Morgan fingerprint density at radius 1 is 1.31 bits per heavy atom. The van der Waals surface area contributed by atoms with Crippen LogP contribution in [0, 0.1) is 5.21 Å². The Morgan fingerprint density at radius 2 is 2.12 bits per heavy atom. The van der Waals surface area contributed by atoms with Gasteiger partial charge in [-0.3, -0.25) is 0 Å². The van der Waals surface area contributed by atoms with Crippen LogP contribution in [0.4, 0.5) is 5.69 Å². The van der Waals surface area contributed by atoms with Crippen molar-refractivity contribution < 1.29 is 4.85 Å². The molecule has 0 spiro atoms. The van der Waals surface area contributed by atoms with Gasteiger partial charge in [0.1, 0.15) is 0 Å². The van der Waals surface area contributed by atoms with E-state index < -0.39 is 0 Å². The number of fused-ring (bicyclic) bond motifs is 3. The highest BCUT2D eigenvalue weighted by molar-refractivity contribution is 6.29. The number of anilines is 1. The highest BCUT2D eigenvalue weighted by Gasteiger charge is 2.27. The molecule has 0 saturated heterocycles. The lowest BCUT2D eigenvalue weighted by atomic mass is 10.1. The van der Waals surface area contributed by atoms with Crippen LogP contribution in [0.3, 0.4) is 0 Å². The van der Waals surface area contributed by atoms with Gasteiger partial charge in [0.25, 0.3) is 0 Å². The molecule has 1 aromatic heterocycles. The van der Waals surface area contributed by atoms with Crippen molar-refractivity contribution in [3.05, 3.63) is 45.9 Å². The number of nitrogen functional groups attached to an aromatic ring is 1. The first-order chi connectivity index (χ1) is 7.65. The first-order valence-corrected chi connectivity index (χ1v) is 5.21. The fourth-order valence-electron chi connectivity index (χ4n) is 2.06. The predicted molar refractivity (Wildman–Crippen MR) is 60.9 cm³/mol. The topological polar surface area (TPSA) is 65.8 Å². The molecule has 0 amide bonds. The van der Waals surface area contributed by atoms with Crippen molar-refractivity contribution in [3.8, 4) is 11.1 Å². The monoisotopic (exact) mass is 233 g/mol. The number of benzene rings is 1. The summed E-state index contributed by atoms with van der Waals surface area (Å²) in [6, 6.07) is 7.32.